The van der Waals surface area contributed by atoms with Gasteiger partial charge in [0.2, 0.25) is 0 Å². The van der Waals surface area contributed by atoms with Gasteiger partial charge >= 0.3 is 5.97 Å². The van der Waals surface area contributed by atoms with Gasteiger partial charge in [0, 0.05) is 5.92 Å². The van der Waals surface area contributed by atoms with Crippen LogP contribution in [0.25, 0.3) is 0 Å². The molecule has 2 atom stereocenters. The molecule has 0 heterocycles. The van der Waals surface area contributed by atoms with Gasteiger partial charge < -0.3 is 9.47 Å². The maximum absolute atomic E-state index is 11.4. The van der Waals surface area contributed by atoms with Crippen molar-refractivity contribution >= 4 is 5.97 Å². The summed E-state index contributed by atoms with van der Waals surface area (Å²) < 4.78 is 10.5. The van der Waals surface area contributed by atoms with Crippen molar-refractivity contribution in [3.05, 3.63) is 0 Å². The van der Waals surface area contributed by atoms with Crippen molar-refractivity contribution in [3.8, 4) is 0 Å². The number of ether oxygens (including phenoxy) is 2. The Labute approximate surface area is 92.1 Å². The highest BCUT2D eigenvalue weighted by Gasteiger charge is 2.62. The van der Waals surface area contributed by atoms with Crippen molar-refractivity contribution < 1.29 is 14.3 Å². The fourth-order valence-electron chi connectivity index (χ4n) is 1.99. The number of esters is 1. The minimum Gasteiger partial charge on any atom is -0.469 e. The predicted molar refractivity (Wildman–Crippen MR) is 58.5 cm³/mol. The van der Waals surface area contributed by atoms with E-state index in [0.29, 0.717) is 12.5 Å². The number of carbonyl (C=O) groups excluding carboxylic acids is 1. The number of carbonyl (C=O) groups is 1. The van der Waals surface area contributed by atoms with Crippen LogP contribution in [-0.2, 0) is 14.3 Å². The number of hydrogen-bond donors (Lipinski definition) is 0. The Morgan fingerprint density at radius 2 is 1.87 bits per heavy atom. The molecule has 3 nitrogen and oxygen atoms in total. The minimum absolute atomic E-state index is 0.00449. The van der Waals surface area contributed by atoms with E-state index < -0.39 is 0 Å². The quantitative estimate of drug-likeness (QED) is 0.676. The van der Waals surface area contributed by atoms with Crippen molar-refractivity contribution in [1.82, 2.24) is 0 Å². The second kappa shape index (κ2) is 3.78. The van der Waals surface area contributed by atoms with Gasteiger partial charge in [0.1, 0.15) is 0 Å². The Kier molecular flexibility index (Phi) is 3.15. The molecule has 0 aromatic carbocycles. The molecular formula is C12H22O3. The lowest BCUT2D eigenvalue weighted by atomic mass is 10.1. The van der Waals surface area contributed by atoms with Crippen LogP contribution in [0.5, 0.6) is 0 Å². The predicted octanol–water partition coefficient (Wildman–Crippen LogP) is 2.25. The highest BCUT2D eigenvalue weighted by Crippen LogP contribution is 2.58. The van der Waals surface area contributed by atoms with Crippen molar-refractivity contribution in [2.45, 2.75) is 40.2 Å². The lowest BCUT2D eigenvalue weighted by molar-refractivity contribution is -0.143. The fourth-order valence-corrected chi connectivity index (χ4v) is 1.99. The van der Waals surface area contributed by atoms with Gasteiger partial charge in [0.05, 0.1) is 25.2 Å². The number of hydrogen-bond acceptors (Lipinski definition) is 3. The van der Waals surface area contributed by atoms with Gasteiger partial charge in [0.25, 0.3) is 0 Å². The summed E-state index contributed by atoms with van der Waals surface area (Å²) in [6, 6.07) is 0. The molecule has 3 heteroatoms. The van der Waals surface area contributed by atoms with E-state index in [4.69, 9.17) is 9.47 Å². The van der Waals surface area contributed by atoms with Crippen LogP contribution in [0.2, 0.25) is 0 Å². The Morgan fingerprint density at radius 1 is 1.33 bits per heavy atom. The van der Waals surface area contributed by atoms with Crippen LogP contribution in [0.4, 0.5) is 0 Å². The molecular weight excluding hydrogens is 192 g/mol. The normalized spacial score (nSPS) is 28.7. The van der Waals surface area contributed by atoms with Gasteiger partial charge in [0.15, 0.2) is 0 Å². The standard InChI is InChI=1S/C12H22O3/c1-11(2,3)15-7-8-9(10(13)14-6)12(8,4)5/h8-9H,7H2,1-6H3. The van der Waals surface area contributed by atoms with E-state index in [1.807, 2.05) is 20.8 Å². The Bertz CT molecular complexity index is 250. The van der Waals surface area contributed by atoms with Crippen molar-refractivity contribution in [2.24, 2.45) is 17.3 Å². The Morgan fingerprint density at radius 3 is 2.27 bits per heavy atom. The first-order valence-corrected chi connectivity index (χ1v) is 5.42. The first-order valence-electron chi connectivity index (χ1n) is 5.42. The Hall–Kier alpha value is -0.570. The fraction of sp³-hybridized carbons (Fsp3) is 0.917. The molecule has 0 aliphatic heterocycles. The van der Waals surface area contributed by atoms with Crippen LogP contribution in [0.3, 0.4) is 0 Å². The molecule has 1 fully saturated rings. The summed E-state index contributed by atoms with van der Waals surface area (Å²) in [5, 5.41) is 0. The van der Waals surface area contributed by atoms with E-state index in [0.717, 1.165) is 0 Å². The van der Waals surface area contributed by atoms with Gasteiger partial charge in [-0.15, -0.1) is 0 Å². The molecule has 0 aromatic rings. The molecule has 15 heavy (non-hydrogen) atoms. The molecule has 2 unspecified atom stereocenters. The second-order valence-corrected chi connectivity index (χ2v) is 5.85. The molecule has 0 N–H and O–H groups in total. The summed E-state index contributed by atoms with van der Waals surface area (Å²) in [4.78, 5) is 11.4. The summed E-state index contributed by atoms with van der Waals surface area (Å²) >= 11 is 0. The smallest absolute Gasteiger partial charge is 0.309 e. The van der Waals surface area contributed by atoms with E-state index >= 15 is 0 Å². The van der Waals surface area contributed by atoms with E-state index in [1.165, 1.54) is 7.11 Å². The van der Waals surface area contributed by atoms with E-state index in [-0.39, 0.29) is 22.9 Å². The van der Waals surface area contributed by atoms with Crippen LogP contribution >= 0.6 is 0 Å². The highest BCUT2D eigenvalue weighted by atomic mass is 16.5. The third-order valence-corrected chi connectivity index (χ3v) is 3.20. The van der Waals surface area contributed by atoms with Gasteiger partial charge in [-0.3, -0.25) is 4.79 Å². The molecule has 0 aromatic heterocycles. The summed E-state index contributed by atoms with van der Waals surface area (Å²) in [5.74, 6) is 0.191. The molecule has 0 spiro atoms. The molecule has 0 radical (unpaired) electrons. The molecule has 1 rings (SSSR count). The third-order valence-electron chi connectivity index (χ3n) is 3.20. The van der Waals surface area contributed by atoms with Crippen LogP contribution in [0.1, 0.15) is 34.6 Å². The first kappa shape index (κ1) is 12.5. The largest absolute Gasteiger partial charge is 0.469 e. The van der Waals surface area contributed by atoms with Crippen LogP contribution < -0.4 is 0 Å². The van der Waals surface area contributed by atoms with Crippen LogP contribution in [-0.4, -0.2) is 25.3 Å². The summed E-state index contributed by atoms with van der Waals surface area (Å²) in [6.45, 7) is 10.9. The SMILES string of the molecule is COC(=O)C1C(COC(C)(C)C)C1(C)C. The van der Waals surface area contributed by atoms with E-state index in [9.17, 15) is 4.79 Å². The zero-order chi connectivity index (χ0) is 11.9. The summed E-state index contributed by atoms with van der Waals surface area (Å²) in [7, 11) is 1.44. The third kappa shape index (κ3) is 2.71. The minimum atomic E-state index is -0.140. The monoisotopic (exact) mass is 214 g/mol. The van der Waals surface area contributed by atoms with Gasteiger partial charge in [-0.25, -0.2) is 0 Å². The lowest BCUT2D eigenvalue weighted by Gasteiger charge is -2.19. The second-order valence-electron chi connectivity index (χ2n) is 5.85. The average Bonchev–Trinajstić information content (AvgIpc) is 2.62. The molecule has 0 amide bonds. The number of methoxy groups -OCH3 is 1. The van der Waals surface area contributed by atoms with Crippen molar-refractivity contribution in [3.63, 3.8) is 0 Å². The molecule has 88 valence electrons. The summed E-state index contributed by atoms with van der Waals surface area (Å²) in [5.41, 5.74) is -0.113. The Balaban J connectivity index is 2.49. The first-order chi connectivity index (χ1) is 6.70. The molecule has 1 aliphatic rings. The summed E-state index contributed by atoms with van der Waals surface area (Å²) in [6.07, 6.45) is 0. The van der Waals surface area contributed by atoms with Crippen molar-refractivity contribution in [2.75, 3.05) is 13.7 Å². The lowest BCUT2D eigenvalue weighted by Crippen LogP contribution is -2.21. The maximum atomic E-state index is 11.4. The van der Waals surface area contributed by atoms with Crippen molar-refractivity contribution in [1.29, 1.82) is 0 Å². The topological polar surface area (TPSA) is 35.5 Å². The zero-order valence-electron chi connectivity index (χ0n) is 10.6. The molecule has 1 aliphatic carbocycles. The average molecular weight is 214 g/mol. The molecule has 0 saturated heterocycles. The van der Waals surface area contributed by atoms with E-state index in [1.54, 1.807) is 0 Å². The maximum Gasteiger partial charge on any atom is 0.309 e. The zero-order valence-corrected chi connectivity index (χ0v) is 10.6. The van der Waals surface area contributed by atoms with Gasteiger partial charge in [-0.2, -0.15) is 0 Å². The number of rotatable bonds is 3. The van der Waals surface area contributed by atoms with Crippen LogP contribution in [0, 0.1) is 17.3 Å². The van der Waals surface area contributed by atoms with Gasteiger partial charge in [-0.05, 0) is 26.2 Å². The molecule has 0 bridgehead atoms. The van der Waals surface area contributed by atoms with Crippen LogP contribution in [0.15, 0.2) is 0 Å². The van der Waals surface area contributed by atoms with Gasteiger partial charge in [-0.1, -0.05) is 13.8 Å². The molecule has 1 saturated carbocycles. The highest BCUT2D eigenvalue weighted by molar-refractivity contribution is 5.77. The van der Waals surface area contributed by atoms with E-state index in [2.05, 4.69) is 13.8 Å².